The van der Waals surface area contributed by atoms with Crippen molar-refractivity contribution in [3.05, 3.63) is 0 Å². The van der Waals surface area contributed by atoms with Gasteiger partial charge in [-0.1, -0.05) is 6.92 Å². The standard InChI is InChI=1S/C15H28N2O3/c1-13-7-11-17(12-8-13)10-4-9-16-14(18)5-2-3-6-15(19)20/h13H,2-12H2,1H3,(H,16,18)(H,19,20). The maximum Gasteiger partial charge on any atom is 0.303 e. The Morgan fingerprint density at radius 1 is 1.15 bits per heavy atom. The quantitative estimate of drug-likeness (QED) is 0.634. The zero-order valence-electron chi connectivity index (χ0n) is 12.6. The molecule has 1 rings (SSSR count). The van der Waals surface area contributed by atoms with Gasteiger partial charge in [0.2, 0.25) is 5.91 Å². The molecule has 1 amide bonds. The molecule has 5 heteroatoms. The molecule has 0 unspecified atom stereocenters. The van der Waals surface area contributed by atoms with Gasteiger partial charge in [-0.2, -0.15) is 0 Å². The Labute approximate surface area is 121 Å². The van der Waals surface area contributed by atoms with Crippen molar-refractivity contribution < 1.29 is 14.7 Å². The molecule has 1 fully saturated rings. The van der Waals surface area contributed by atoms with E-state index in [0.717, 1.165) is 25.4 Å². The number of carboxylic acids is 1. The molecule has 0 aromatic heterocycles. The molecule has 0 bridgehead atoms. The molecule has 0 aliphatic carbocycles. The van der Waals surface area contributed by atoms with Crippen LogP contribution in [0.25, 0.3) is 0 Å². The second-order valence-corrected chi connectivity index (χ2v) is 5.83. The Kier molecular flexibility index (Phi) is 8.26. The fraction of sp³-hybridized carbons (Fsp3) is 0.867. The number of nitrogens with zero attached hydrogens (tertiary/aromatic N) is 1. The molecule has 1 aliphatic rings. The number of hydrogen-bond acceptors (Lipinski definition) is 3. The highest BCUT2D eigenvalue weighted by atomic mass is 16.4. The monoisotopic (exact) mass is 284 g/mol. The smallest absolute Gasteiger partial charge is 0.303 e. The van der Waals surface area contributed by atoms with E-state index in [2.05, 4.69) is 17.1 Å². The molecule has 2 N–H and O–H groups in total. The number of piperidine rings is 1. The van der Waals surface area contributed by atoms with Gasteiger partial charge in [0.15, 0.2) is 0 Å². The fourth-order valence-electron chi connectivity index (χ4n) is 2.47. The molecule has 0 atom stereocenters. The molecule has 1 heterocycles. The number of aliphatic carboxylic acids is 1. The molecule has 5 nitrogen and oxygen atoms in total. The summed E-state index contributed by atoms with van der Waals surface area (Å²) in [4.78, 5) is 24.3. The van der Waals surface area contributed by atoms with E-state index in [4.69, 9.17) is 5.11 Å². The molecule has 20 heavy (non-hydrogen) atoms. The molecule has 1 aliphatic heterocycles. The predicted molar refractivity (Wildman–Crippen MR) is 78.6 cm³/mol. The summed E-state index contributed by atoms with van der Waals surface area (Å²) in [5, 5.41) is 11.4. The van der Waals surface area contributed by atoms with Crippen molar-refractivity contribution in [1.82, 2.24) is 10.2 Å². The number of carbonyl (C=O) groups is 2. The van der Waals surface area contributed by atoms with Gasteiger partial charge in [-0.25, -0.2) is 0 Å². The van der Waals surface area contributed by atoms with Crippen molar-refractivity contribution in [2.75, 3.05) is 26.2 Å². The number of unbranched alkanes of at least 4 members (excludes halogenated alkanes) is 1. The summed E-state index contributed by atoms with van der Waals surface area (Å²) in [6.07, 6.45) is 5.40. The van der Waals surface area contributed by atoms with E-state index < -0.39 is 5.97 Å². The van der Waals surface area contributed by atoms with Crippen LogP contribution in [0.1, 0.15) is 51.9 Å². The molecule has 0 spiro atoms. The van der Waals surface area contributed by atoms with Gasteiger partial charge in [0, 0.05) is 19.4 Å². The largest absolute Gasteiger partial charge is 0.481 e. The fourth-order valence-corrected chi connectivity index (χ4v) is 2.47. The Balaban J connectivity index is 1.92. The minimum Gasteiger partial charge on any atom is -0.481 e. The molecule has 0 saturated carbocycles. The number of rotatable bonds is 9. The Morgan fingerprint density at radius 2 is 1.80 bits per heavy atom. The first-order valence-corrected chi connectivity index (χ1v) is 7.79. The lowest BCUT2D eigenvalue weighted by atomic mass is 9.99. The second-order valence-electron chi connectivity index (χ2n) is 5.83. The Morgan fingerprint density at radius 3 is 2.45 bits per heavy atom. The second kappa shape index (κ2) is 9.75. The van der Waals surface area contributed by atoms with E-state index in [9.17, 15) is 9.59 Å². The van der Waals surface area contributed by atoms with E-state index in [1.54, 1.807) is 0 Å². The third kappa shape index (κ3) is 8.15. The van der Waals surface area contributed by atoms with Gasteiger partial charge in [0.1, 0.15) is 0 Å². The summed E-state index contributed by atoms with van der Waals surface area (Å²) in [5.41, 5.74) is 0. The Hall–Kier alpha value is -1.10. The first-order chi connectivity index (χ1) is 9.58. The third-order valence-electron chi connectivity index (χ3n) is 3.89. The van der Waals surface area contributed by atoms with Crippen LogP contribution < -0.4 is 5.32 Å². The summed E-state index contributed by atoms with van der Waals surface area (Å²) < 4.78 is 0. The van der Waals surface area contributed by atoms with Crippen LogP contribution in [-0.4, -0.2) is 48.1 Å². The van der Waals surface area contributed by atoms with Crippen LogP contribution in [0, 0.1) is 5.92 Å². The van der Waals surface area contributed by atoms with Gasteiger partial charge in [-0.15, -0.1) is 0 Å². The van der Waals surface area contributed by atoms with Crippen molar-refractivity contribution in [2.45, 2.75) is 51.9 Å². The highest BCUT2D eigenvalue weighted by Gasteiger charge is 2.14. The molecule has 116 valence electrons. The van der Waals surface area contributed by atoms with Gasteiger partial charge in [0.05, 0.1) is 0 Å². The van der Waals surface area contributed by atoms with E-state index in [-0.39, 0.29) is 12.3 Å². The molecular weight excluding hydrogens is 256 g/mol. The maximum absolute atomic E-state index is 11.5. The molecule has 1 saturated heterocycles. The molecular formula is C15H28N2O3. The number of hydrogen-bond donors (Lipinski definition) is 2. The highest BCUT2D eigenvalue weighted by molar-refractivity contribution is 5.75. The summed E-state index contributed by atoms with van der Waals surface area (Å²) in [6, 6.07) is 0. The average Bonchev–Trinajstić information content (AvgIpc) is 2.41. The molecule has 0 radical (unpaired) electrons. The maximum atomic E-state index is 11.5. The van der Waals surface area contributed by atoms with Gasteiger partial charge in [0.25, 0.3) is 0 Å². The van der Waals surface area contributed by atoms with Crippen molar-refractivity contribution in [3.8, 4) is 0 Å². The van der Waals surface area contributed by atoms with Crippen LogP contribution in [0.2, 0.25) is 0 Å². The summed E-state index contributed by atoms with van der Waals surface area (Å²) in [6.45, 7) is 6.46. The molecule has 0 aromatic carbocycles. The normalized spacial score (nSPS) is 17.1. The van der Waals surface area contributed by atoms with Gasteiger partial charge in [-0.3, -0.25) is 9.59 Å². The summed E-state index contributed by atoms with van der Waals surface area (Å²) in [5.74, 6) is 0.112. The number of carboxylic acid groups (broad SMARTS) is 1. The molecule has 0 aromatic rings. The van der Waals surface area contributed by atoms with E-state index in [0.29, 0.717) is 19.3 Å². The van der Waals surface area contributed by atoms with Crippen molar-refractivity contribution in [1.29, 1.82) is 0 Å². The van der Waals surface area contributed by atoms with Gasteiger partial charge >= 0.3 is 5.97 Å². The van der Waals surface area contributed by atoms with E-state index >= 15 is 0 Å². The van der Waals surface area contributed by atoms with Crippen LogP contribution >= 0.6 is 0 Å². The van der Waals surface area contributed by atoms with Crippen LogP contribution in [0.4, 0.5) is 0 Å². The summed E-state index contributed by atoms with van der Waals surface area (Å²) in [7, 11) is 0. The summed E-state index contributed by atoms with van der Waals surface area (Å²) >= 11 is 0. The number of nitrogens with one attached hydrogen (secondary N) is 1. The number of carbonyl (C=O) groups excluding carboxylic acids is 1. The van der Waals surface area contributed by atoms with Crippen LogP contribution in [-0.2, 0) is 9.59 Å². The topological polar surface area (TPSA) is 69.6 Å². The lowest BCUT2D eigenvalue weighted by molar-refractivity contribution is -0.137. The van der Waals surface area contributed by atoms with E-state index in [1.165, 1.54) is 25.9 Å². The third-order valence-corrected chi connectivity index (χ3v) is 3.89. The van der Waals surface area contributed by atoms with Crippen LogP contribution in [0.3, 0.4) is 0 Å². The van der Waals surface area contributed by atoms with Crippen LogP contribution in [0.15, 0.2) is 0 Å². The van der Waals surface area contributed by atoms with E-state index in [1.807, 2.05) is 0 Å². The lowest BCUT2D eigenvalue weighted by Crippen LogP contribution is -2.35. The van der Waals surface area contributed by atoms with Crippen molar-refractivity contribution in [2.24, 2.45) is 5.92 Å². The minimum absolute atomic E-state index is 0.0441. The highest BCUT2D eigenvalue weighted by Crippen LogP contribution is 2.15. The predicted octanol–water partition coefficient (Wildman–Crippen LogP) is 1.87. The first kappa shape index (κ1) is 17.0. The van der Waals surface area contributed by atoms with Crippen molar-refractivity contribution >= 4 is 11.9 Å². The average molecular weight is 284 g/mol. The number of amides is 1. The van der Waals surface area contributed by atoms with Gasteiger partial charge < -0.3 is 15.3 Å². The zero-order chi connectivity index (χ0) is 14.8. The van der Waals surface area contributed by atoms with Gasteiger partial charge in [-0.05, 0) is 57.7 Å². The zero-order valence-corrected chi connectivity index (χ0v) is 12.6. The minimum atomic E-state index is -0.791. The van der Waals surface area contributed by atoms with Crippen molar-refractivity contribution in [3.63, 3.8) is 0 Å². The Bertz CT molecular complexity index is 299. The SMILES string of the molecule is CC1CCN(CCCNC(=O)CCCCC(=O)O)CC1. The van der Waals surface area contributed by atoms with Crippen LogP contribution in [0.5, 0.6) is 0 Å². The number of likely N-dealkylation sites (tertiary alicyclic amines) is 1. The lowest BCUT2D eigenvalue weighted by Gasteiger charge is -2.30. The first-order valence-electron chi connectivity index (χ1n) is 7.79.